The lowest BCUT2D eigenvalue weighted by Crippen LogP contribution is -2.16. The van der Waals surface area contributed by atoms with Gasteiger partial charge in [0.1, 0.15) is 0 Å². The first-order chi connectivity index (χ1) is 5.99. The number of esters is 1. The third-order valence-corrected chi connectivity index (χ3v) is 1.35. The van der Waals surface area contributed by atoms with Crippen molar-refractivity contribution in [2.45, 2.75) is 20.8 Å². The van der Waals surface area contributed by atoms with Crippen LogP contribution in [0, 0.1) is 5.92 Å². The van der Waals surface area contributed by atoms with Gasteiger partial charge < -0.3 is 9.84 Å². The first-order valence-electron chi connectivity index (χ1n) is 4.10. The van der Waals surface area contributed by atoms with Crippen molar-refractivity contribution in [2.75, 3.05) is 6.61 Å². The van der Waals surface area contributed by atoms with Crippen LogP contribution in [-0.2, 0) is 14.3 Å². The van der Waals surface area contributed by atoms with Gasteiger partial charge in [0.2, 0.25) is 0 Å². The van der Waals surface area contributed by atoms with Crippen LogP contribution >= 0.6 is 0 Å². The molecule has 0 aliphatic rings. The molecule has 0 atom stereocenters. The van der Waals surface area contributed by atoms with Gasteiger partial charge in [0, 0.05) is 12.0 Å². The molecule has 0 fully saturated rings. The van der Waals surface area contributed by atoms with E-state index in [4.69, 9.17) is 5.11 Å². The summed E-state index contributed by atoms with van der Waals surface area (Å²) < 4.78 is 4.44. The van der Waals surface area contributed by atoms with E-state index < -0.39 is 11.8 Å². The molecule has 0 saturated carbocycles. The number of ether oxygens (including phenoxy) is 1. The van der Waals surface area contributed by atoms with Crippen molar-refractivity contribution in [3.8, 4) is 0 Å². The fourth-order valence-corrected chi connectivity index (χ4v) is 0.562. The number of aliphatic hydroxyl groups excluding tert-OH is 1. The number of allylic oxidation sites excluding steroid dienone is 1. The molecule has 0 unspecified atom stereocenters. The van der Waals surface area contributed by atoms with Gasteiger partial charge in [0.05, 0.1) is 12.4 Å². The van der Waals surface area contributed by atoms with Crippen LogP contribution in [0.3, 0.4) is 0 Å². The molecule has 0 rings (SSSR count). The molecule has 0 radical (unpaired) electrons. The highest BCUT2D eigenvalue weighted by atomic mass is 16.5. The highest BCUT2D eigenvalue weighted by molar-refractivity contribution is 6.38. The molecule has 0 aliphatic carbocycles. The van der Waals surface area contributed by atoms with Gasteiger partial charge in [0.25, 0.3) is 5.78 Å². The van der Waals surface area contributed by atoms with Gasteiger partial charge in [0.15, 0.2) is 0 Å². The van der Waals surface area contributed by atoms with Crippen molar-refractivity contribution < 1.29 is 19.4 Å². The van der Waals surface area contributed by atoms with Crippen LogP contribution in [0.2, 0.25) is 0 Å². The number of carbonyl (C=O) groups excluding carboxylic acids is 2. The standard InChI is InChI=1S/C9H14O4/c1-4-13-9(12)8(11)5-7(10)6(2)3/h5-6,10H,4H2,1-3H3. The molecule has 0 saturated heterocycles. The van der Waals surface area contributed by atoms with Crippen molar-refractivity contribution >= 4 is 11.8 Å². The Kier molecular flexibility index (Phi) is 4.80. The summed E-state index contributed by atoms with van der Waals surface area (Å²) in [7, 11) is 0. The average Bonchev–Trinajstić information content (AvgIpc) is 2.04. The topological polar surface area (TPSA) is 63.6 Å². The molecule has 0 heterocycles. The quantitative estimate of drug-likeness (QED) is 0.310. The van der Waals surface area contributed by atoms with Crippen LogP contribution in [0.15, 0.2) is 11.8 Å². The van der Waals surface area contributed by atoms with Crippen molar-refractivity contribution in [3.05, 3.63) is 11.8 Å². The molecule has 13 heavy (non-hydrogen) atoms. The predicted octanol–water partition coefficient (Wildman–Crippen LogP) is 1.22. The Morgan fingerprint density at radius 3 is 2.38 bits per heavy atom. The van der Waals surface area contributed by atoms with E-state index in [1.54, 1.807) is 20.8 Å². The highest BCUT2D eigenvalue weighted by Crippen LogP contribution is 2.04. The summed E-state index contributed by atoms with van der Waals surface area (Å²) in [5, 5.41) is 9.15. The lowest BCUT2D eigenvalue weighted by molar-refractivity contribution is -0.151. The van der Waals surface area contributed by atoms with Crippen molar-refractivity contribution in [2.24, 2.45) is 5.92 Å². The smallest absolute Gasteiger partial charge is 0.379 e. The molecular weight excluding hydrogens is 172 g/mol. The largest absolute Gasteiger partial charge is 0.512 e. The van der Waals surface area contributed by atoms with Gasteiger partial charge in [-0.25, -0.2) is 4.79 Å². The minimum absolute atomic E-state index is 0.113. The number of hydrogen-bond donors (Lipinski definition) is 1. The minimum atomic E-state index is -0.935. The fourth-order valence-electron chi connectivity index (χ4n) is 0.562. The van der Waals surface area contributed by atoms with Gasteiger partial charge in [-0.1, -0.05) is 13.8 Å². The summed E-state index contributed by atoms with van der Waals surface area (Å²) in [5.74, 6) is -2.04. The van der Waals surface area contributed by atoms with Gasteiger partial charge in [-0.15, -0.1) is 0 Å². The second-order valence-electron chi connectivity index (χ2n) is 2.81. The molecule has 0 spiro atoms. The first-order valence-corrected chi connectivity index (χ1v) is 4.10. The number of hydrogen-bond acceptors (Lipinski definition) is 4. The molecule has 0 aliphatic heterocycles. The fraction of sp³-hybridized carbons (Fsp3) is 0.556. The Bertz CT molecular complexity index is 228. The Morgan fingerprint density at radius 2 is 2.00 bits per heavy atom. The Morgan fingerprint density at radius 1 is 1.46 bits per heavy atom. The summed E-state index contributed by atoms with van der Waals surface area (Å²) in [6.07, 6.45) is 0.892. The maximum Gasteiger partial charge on any atom is 0.379 e. The summed E-state index contributed by atoms with van der Waals surface area (Å²) in [6.45, 7) is 5.19. The molecule has 0 aromatic carbocycles. The summed E-state index contributed by atoms with van der Waals surface area (Å²) >= 11 is 0. The minimum Gasteiger partial charge on any atom is -0.512 e. The molecule has 0 aromatic rings. The van der Waals surface area contributed by atoms with Crippen LogP contribution < -0.4 is 0 Å². The van der Waals surface area contributed by atoms with Crippen molar-refractivity contribution in [1.82, 2.24) is 0 Å². The lowest BCUT2D eigenvalue weighted by Gasteiger charge is -2.02. The zero-order valence-electron chi connectivity index (χ0n) is 8.03. The van der Waals surface area contributed by atoms with Gasteiger partial charge >= 0.3 is 5.97 Å². The van der Waals surface area contributed by atoms with Gasteiger partial charge in [-0.2, -0.15) is 0 Å². The molecule has 74 valence electrons. The SMILES string of the molecule is CCOC(=O)C(=O)C=C(O)C(C)C. The van der Waals surface area contributed by atoms with E-state index >= 15 is 0 Å². The first kappa shape index (κ1) is 11.7. The second kappa shape index (κ2) is 5.35. The zero-order chi connectivity index (χ0) is 10.4. The summed E-state index contributed by atoms with van der Waals surface area (Å²) in [6, 6.07) is 0. The molecule has 4 heteroatoms. The highest BCUT2D eigenvalue weighted by Gasteiger charge is 2.13. The van der Waals surface area contributed by atoms with E-state index in [0.29, 0.717) is 0 Å². The van der Waals surface area contributed by atoms with Crippen LogP contribution in [0.1, 0.15) is 20.8 Å². The second-order valence-corrected chi connectivity index (χ2v) is 2.81. The molecule has 0 aromatic heterocycles. The maximum atomic E-state index is 10.9. The Balaban J connectivity index is 4.29. The number of rotatable bonds is 4. The molecule has 1 N–H and O–H groups in total. The third-order valence-electron chi connectivity index (χ3n) is 1.35. The van der Waals surface area contributed by atoms with Crippen molar-refractivity contribution in [1.29, 1.82) is 0 Å². The van der Waals surface area contributed by atoms with E-state index in [-0.39, 0.29) is 18.3 Å². The van der Waals surface area contributed by atoms with Crippen LogP contribution in [0.4, 0.5) is 0 Å². The molecule has 0 bridgehead atoms. The molecule has 0 amide bonds. The molecular formula is C9H14O4. The number of ketones is 1. The Hall–Kier alpha value is -1.32. The summed E-state index contributed by atoms with van der Waals surface area (Å²) in [4.78, 5) is 21.7. The monoisotopic (exact) mass is 186 g/mol. The lowest BCUT2D eigenvalue weighted by atomic mass is 10.1. The number of aliphatic hydroxyl groups is 1. The molecule has 4 nitrogen and oxygen atoms in total. The number of carbonyl (C=O) groups is 2. The van der Waals surface area contributed by atoms with Crippen LogP contribution in [0.5, 0.6) is 0 Å². The summed E-state index contributed by atoms with van der Waals surface area (Å²) in [5.41, 5.74) is 0. The van der Waals surface area contributed by atoms with E-state index in [1.165, 1.54) is 0 Å². The van der Waals surface area contributed by atoms with Crippen LogP contribution in [0.25, 0.3) is 0 Å². The maximum absolute atomic E-state index is 10.9. The van der Waals surface area contributed by atoms with E-state index in [2.05, 4.69) is 4.74 Å². The van der Waals surface area contributed by atoms with E-state index in [0.717, 1.165) is 6.08 Å². The van der Waals surface area contributed by atoms with Crippen LogP contribution in [-0.4, -0.2) is 23.5 Å². The van der Waals surface area contributed by atoms with Gasteiger partial charge in [-0.05, 0) is 6.92 Å². The normalized spacial score (nSPS) is 11.5. The zero-order valence-corrected chi connectivity index (χ0v) is 8.03. The third kappa shape index (κ3) is 4.30. The van der Waals surface area contributed by atoms with Crippen molar-refractivity contribution in [3.63, 3.8) is 0 Å². The van der Waals surface area contributed by atoms with Gasteiger partial charge in [-0.3, -0.25) is 4.79 Å². The predicted molar refractivity (Wildman–Crippen MR) is 47.2 cm³/mol. The van der Waals surface area contributed by atoms with E-state index in [1.807, 2.05) is 0 Å². The Labute approximate surface area is 77.2 Å². The van der Waals surface area contributed by atoms with E-state index in [9.17, 15) is 9.59 Å². The average molecular weight is 186 g/mol.